The van der Waals surface area contributed by atoms with Crippen LogP contribution < -0.4 is 0 Å². The van der Waals surface area contributed by atoms with E-state index >= 15 is 0 Å². The Morgan fingerprint density at radius 3 is 2.44 bits per heavy atom. The summed E-state index contributed by atoms with van der Waals surface area (Å²) in [6, 6.07) is 8.38. The first-order chi connectivity index (χ1) is 7.54. The van der Waals surface area contributed by atoms with Gasteiger partial charge >= 0.3 is 0 Å². The highest BCUT2D eigenvalue weighted by molar-refractivity contribution is 5.25. The van der Waals surface area contributed by atoms with Crippen LogP contribution in [0.3, 0.4) is 0 Å². The molecule has 1 nitrogen and oxygen atoms in total. The molecular weight excluding hydrogens is 196 g/mol. The van der Waals surface area contributed by atoms with E-state index in [2.05, 4.69) is 45.9 Å². The monoisotopic (exact) mass is 220 g/mol. The highest BCUT2D eigenvalue weighted by Gasteiger charge is 2.14. The first kappa shape index (κ1) is 13.2. The van der Waals surface area contributed by atoms with E-state index in [9.17, 15) is 5.11 Å². The molecule has 1 heteroatoms. The van der Waals surface area contributed by atoms with Gasteiger partial charge in [-0.3, -0.25) is 0 Å². The minimum Gasteiger partial charge on any atom is -0.388 e. The number of hydrogen-bond donors (Lipinski definition) is 1. The second kappa shape index (κ2) is 6.05. The minimum absolute atomic E-state index is 0.322. The average Bonchev–Trinajstić information content (AvgIpc) is 2.26. The molecule has 1 rings (SSSR count). The molecule has 2 unspecified atom stereocenters. The van der Waals surface area contributed by atoms with Gasteiger partial charge in [0.05, 0.1) is 6.10 Å². The zero-order valence-electron chi connectivity index (χ0n) is 10.9. The summed E-state index contributed by atoms with van der Waals surface area (Å²) >= 11 is 0. The van der Waals surface area contributed by atoms with Crippen molar-refractivity contribution < 1.29 is 5.11 Å². The van der Waals surface area contributed by atoms with E-state index in [1.807, 2.05) is 6.07 Å². The van der Waals surface area contributed by atoms with E-state index in [1.54, 1.807) is 0 Å². The van der Waals surface area contributed by atoms with Crippen LogP contribution in [0.4, 0.5) is 0 Å². The number of benzene rings is 1. The molecule has 0 bridgehead atoms. The van der Waals surface area contributed by atoms with Gasteiger partial charge in [0.2, 0.25) is 0 Å². The fraction of sp³-hybridized carbons (Fsp3) is 0.600. The molecule has 0 amide bonds. The third-order valence-electron chi connectivity index (χ3n) is 3.12. The van der Waals surface area contributed by atoms with Crippen LogP contribution in [0.15, 0.2) is 24.3 Å². The van der Waals surface area contributed by atoms with Crippen molar-refractivity contribution in [3.05, 3.63) is 35.4 Å². The number of aliphatic hydroxyl groups excluding tert-OH is 1. The highest BCUT2D eigenvalue weighted by atomic mass is 16.3. The zero-order valence-corrected chi connectivity index (χ0v) is 10.9. The van der Waals surface area contributed by atoms with Crippen LogP contribution in [-0.2, 0) is 6.42 Å². The summed E-state index contributed by atoms with van der Waals surface area (Å²) in [4.78, 5) is 0. The van der Waals surface area contributed by atoms with Gasteiger partial charge in [0.15, 0.2) is 0 Å². The van der Waals surface area contributed by atoms with Crippen molar-refractivity contribution >= 4 is 0 Å². The van der Waals surface area contributed by atoms with Crippen LogP contribution in [-0.4, -0.2) is 5.11 Å². The molecule has 0 spiro atoms. The van der Waals surface area contributed by atoms with Gasteiger partial charge < -0.3 is 5.11 Å². The fourth-order valence-corrected chi connectivity index (χ4v) is 1.93. The lowest BCUT2D eigenvalue weighted by Gasteiger charge is -2.18. The van der Waals surface area contributed by atoms with Crippen molar-refractivity contribution in [1.82, 2.24) is 0 Å². The molecule has 0 heterocycles. The average molecular weight is 220 g/mol. The molecule has 90 valence electrons. The maximum Gasteiger partial charge on any atom is 0.0815 e. The van der Waals surface area contributed by atoms with Gasteiger partial charge in [0.25, 0.3) is 0 Å². The number of rotatable bonds is 5. The molecule has 0 aliphatic heterocycles. The van der Waals surface area contributed by atoms with Gasteiger partial charge in [-0.05, 0) is 29.4 Å². The van der Waals surface area contributed by atoms with E-state index in [0.717, 1.165) is 18.4 Å². The van der Waals surface area contributed by atoms with Gasteiger partial charge in [-0.2, -0.15) is 0 Å². The van der Waals surface area contributed by atoms with E-state index in [1.165, 1.54) is 5.56 Å². The Labute approximate surface area is 99.5 Å². The number of aliphatic hydroxyl groups is 1. The quantitative estimate of drug-likeness (QED) is 0.796. The standard InChI is InChI=1S/C15H24O/c1-5-12(4)15(16)14-8-6-7-13(10-14)9-11(2)3/h6-8,10-12,15-16H,5,9H2,1-4H3. The fourth-order valence-electron chi connectivity index (χ4n) is 1.93. The summed E-state index contributed by atoms with van der Waals surface area (Å²) in [7, 11) is 0. The zero-order chi connectivity index (χ0) is 12.1. The van der Waals surface area contributed by atoms with E-state index in [-0.39, 0.29) is 6.10 Å². The Bertz CT molecular complexity index is 317. The van der Waals surface area contributed by atoms with Crippen LogP contribution >= 0.6 is 0 Å². The van der Waals surface area contributed by atoms with E-state index in [4.69, 9.17) is 0 Å². The Kier molecular flexibility index (Phi) is 5.01. The molecule has 0 fully saturated rings. The molecule has 0 aliphatic carbocycles. The Morgan fingerprint density at radius 1 is 1.19 bits per heavy atom. The van der Waals surface area contributed by atoms with Crippen molar-refractivity contribution in [2.45, 2.75) is 46.6 Å². The molecule has 0 saturated carbocycles. The molecule has 0 saturated heterocycles. The molecule has 0 radical (unpaired) electrons. The first-order valence-electron chi connectivity index (χ1n) is 6.31. The van der Waals surface area contributed by atoms with Gasteiger partial charge in [-0.1, -0.05) is 58.4 Å². The van der Waals surface area contributed by atoms with Crippen molar-refractivity contribution in [2.24, 2.45) is 11.8 Å². The van der Waals surface area contributed by atoms with Crippen LogP contribution in [0.25, 0.3) is 0 Å². The van der Waals surface area contributed by atoms with Crippen LogP contribution in [0.5, 0.6) is 0 Å². The second-order valence-electron chi connectivity index (χ2n) is 5.17. The van der Waals surface area contributed by atoms with Gasteiger partial charge in [0.1, 0.15) is 0 Å². The summed E-state index contributed by atoms with van der Waals surface area (Å²) in [5.74, 6) is 0.991. The minimum atomic E-state index is -0.322. The molecule has 0 aromatic heterocycles. The molecule has 1 N–H and O–H groups in total. The van der Waals surface area contributed by atoms with Crippen molar-refractivity contribution in [1.29, 1.82) is 0 Å². The van der Waals surface area contributed by atoms with Gasteiger partial charge in [0, 0.05) is 0 Å². The van der Waals surface area contributed by atoms with Crippen LogP contribution in [0, 0.1) is 11.8 Å². The van der Waals surface area contributed by atoms with Crippen molar-refractivity contribution in [3.8, 4) is 0 Å². The third kappa shape index (κ3) is 3.64. The molecule has 0 aliphatic rings. The summed E-state index contributed by atoms with van der Waals surface area (Å²) in [6.45, 7) is 8.65. The summed E-state index contributed by atoms with van der Waals surface area (Å²) in [6.07, 6.45) is 1.77. The van der Waals surface area contributed by atoms with E-state index < -0.39 is 0 Å². The van der Waals surface area contributed by atoms with Crippen LogP contribution in [0.2, 0.25) is 0 Å². The molecular formula is C15H24O. The van der Waals surface area contributed by atoms with Gasteiger partial charge in [-0.25, -0.2) is 0 Å². The predicted octanol–water partition coefficient (Wildman–Crippen LogP) is 3.96. The molecule has 1 aromatic carbocycles. The topological polar surface area (TPSA) is 20.2 Å². The Balaban J connectivity index is 2.81. The normalized spacial score (nSPS) is 15.1. The SMILES string of the molecule is CCC(C)C(O)c1cccc(CC(C)C)c1. The summed E-state index contributed by atoms with van der Waals surface area (Å²) in [5.41, 5.74) is 2.39. The third-order valence-corrected chi connectivity index (χ3v) is 3.12. The second-order valence-corrected chi connectivity index (χ2v) is 5.17. The lowest BCUT2D eigenvalue weighted by Crippen LogP contribution is -2.08. The molecule has 16 heavy (non-hydrogen) atoms. The highest BCUT2D eigenvalue weighted by Crippen LogP contribution is 2.25. The smallest absolute Gasteiger partial charge is 0.0815 e. The molecule has 1 aromatic rings. The summed E-state index contributed by atoms with van der Waals surface area (Å²) in [5, 5.41) is 10.1. The molecule has 2 atom stereocenters. The lowest BCUT2D eigenvalue weighted by molar-refractivity contribution is 0.115. The Morgan fingerprint density at radius 2 is 1.88 bits per heavy atom. The van der Waals surface area contributed by atoms with Crippen molar-refractivity contribution in [3.63, 3.8) is 0 Å². The van der Waals surface area contributed by atoms with Gasteiger partial charge in [-0.15, -0.1) is 0 Å². The van der Waals surface area contributed by atoms with Crippen LogP contribution in [0.1, 0.15) is 51.3 Å². The van der Waals surface area contributed by atoms with E-state index in [0.29, 0.717) is 11.8 Å². The predicted molar refractivity (Wildman–Crippen MR) is 69.4 cm³/mol. The Hall–Kier alpha value is -0.820. The first-order valence-corrected chi connectivity index (χ1v) is 6.31. The van der Waals surface area contributed by atoms with Crippen molar-refractivity contribution in [2.75, 3.05) is 0 Å². The maximum atomic E-state index is 10.1. The lowest BCUT2D eigenvalue weighted by atomic mass is 9.92. The largest absolute Gasteiger partial charge is 0.388 e. The summed E-state index contributed by atoms with van der Waals surface area (Å²) < 4.78 is 0. The maximum absolute atomic E-state index is 10.1. The number of hydrogen-bond acceptors (Lipinski definition) is 1.